The van der Waals surface area contributed by atoms with Crippen LogP contribution < -0.4 is 4.74 Å². The molecule has 0 aromatic heterocycles. The lowest BCUT2D eigenvalue weighted by atomic mass is 9.92. The van der Waals surface area contributed by atoms with Crippen LogP contribution >= 0.6 is 15.9 Å². The molecule has 1 unspecified atom stereocenters. The summed E-state index contributed by atoms with van der Waals surface area (Å²) in [6, 6.07) is 13.1. The molecule has 1 saturated carbocycles. The van der Waals surface area contributed by atoms with Crippen LogP contribution in [0.3, 0.4) is 0 Å². The lowest BCUT2D eigenvalue weighted by Crippen LogP contribution is -2.44. The Kier molecular flexibility index (Phi) is 5.31. The van der Waals surface area contributed by atoms with Gasteiger partial charge in [0.25, 0.3) is 5.91 Å². The maximum atomic E-state index is 12.8. The fourth-order valence-corrected chi connectivity index (χ4v) is 4.16. The molecule has 0 N–H and O–H groups in total. The van der Waals surface area contributed by atoms with E-state index in [0.717, 1.165) is 16.5 Å². The van der Waals surface area contributed by atoms with E-state index in [2.05, 4.69) is 15.9 Å². The molecule has 1 fully saturated rings. The molecule has 1 heterocycles. The quantitative estimate of drug-likeness (QED) is 0.522. The third kappa shape index (κ3) is 3.61. The van der Waals surface area contributed by atoms with E-state index in [4.69, 9.17) is 4.74 Å². The minimum atomic E-state index is -0.512. The van der Waals surface area contributed by atoms with Gasteiger partial charge >= 0.3 is 0 Å². The Hall–Kier alpha value is -2.47. The van der Waals surface area contributed by atoms with E-state index in [0.29, 0.717) is 37.3 Å². The van der Waals surface area contributed by atoms with Gasteiger partial charge in [-0.25, -0.2) is 0 Å². The van der Waals surface area contributed by atoms with Crippen LogP contribution in [0.2, 0.25) is 0 Å². The van der Waals surface area contributed by atoms with Crippen molar-refractivity contribution >= 4 is 33.4 Å². The van der Waals surface area contributed by atoms with Gasteiger partial charge in [-0.1, -0.05) is 46.3 Å². The van der Waals surface area contributed by atoms with Crippen LogP contribution in [-0.4, -0.2) is 28.4 Å². The fourth-order valence-electron chi connectivity index (χ4n) is 3.79. The van der Waals surface area contributed by atoms with Gasteiger partial charge in [-0.05, 0) is 29.7 Å². The number of ketones is 2. The monoisotopic (exact) mass is 441 g/mol. The second-order valence-corrected chi connectivity index (χ2v) is 7.75. The van der Waals surface area contributed by atoms with Gasteiger partial charge < -0.3 is 9.64 Å². The highest BCUT2D eigenvalue weighted by Gasteiger charge is 2.39. The molecular formula is C22H20BrNO4. The molecule has 2 aromatic carbocycles. The molecule has 2 aromatic rings. The lowest BCUT2D eigenvalue weighted by molar-refractivity contribution is -0.133. The predicted octanol–water partition coefficient (Wildman–Crippen LogP) is 3.81. The van der Waals surface area contributed by atoms with Gasteiger partial charge in [0.15, 0.2) is 5.78 Å². The van der Waals surface area contributed by atoms with Crippen molar-refractivity contribution in [3.05, 3.63) is 64.7 Å². The van der Waals surface area contributed by atoms with Crippen LogP contribution in [0, 0.1) is 0 Å². The molecule has 6 heteroatoms. The second kappa shape index (κ2) is 7.87. The Morgan fingerprint density at radius 3 is 2.50 bits per heavy atom. The van der Waals surface area contributed by atoms with Gasteiger partial charge in [0, 0.05) is 22.9 Å². The Morgan fingerprint density at radius 1 is 1.04 bits per heavy atom. The smallest absolute Gasteiger partial charge is 0.255 e. The number of alkyl halides is 1. The van der Waals surface area contributed by atoms with Crippen LogP contribution in [0.4, 0.5) is 0 Å². The van der Waals surface area contributed by atoms with Crippen LogP contribution in [0.1, 0.15) is 46.3 Å². The molecule has 0 bridgehead atoms. The first kappa shape index (κ1) is 18.9. The van der Waals surface area contributed by atoms with Gasteiger partial charge in [-0.3, -0.25) is 14.4 Å². The topological polar surface area (TPSA) is 63.7 Å². The van der Waals surface area contributed by atoms with Crippen LogP contribution in [0.25, 0.3) is 0 Å². The van der Waals surface area contributed by atoms with Crippen LogP contribution in [0.15, 0.2) is 42.5 Å². The van der Waals surface area contributed by atoms with Crippen LogP contribution in [0.5, 0.6) is 5.75 Å². The Balaban J connectivity index is 1.50. The number of benzene rings is 2. The number of fused-ring (bicyclic) bond motifs is 1. The minimum Gasteiger partial charge on any atom is -0.489 e. The predicted molar refractivity (Wildman–Crippen MR) is 107 cm³/mol. The van der Waals surface area contributed by atoms with Crippen LogP contribution in [-0.2, 0) is 28.1 Å². The Labute approximate surface area is 171 Å². The molecule has 0 saturated heterocycles. The van der Waals surface area contributed by atoms with E-state index < -0.39 is 6.04 Å². The number of ether oxygens (including phenoxy) is 1. The first-order valence-corrected chi connectivity index (χ1v) is 10.4. The zero-order chi connectivity index (χ0) is 19.7. The summed E-state index contributed by atoms with van der Waals surface area (Å²) >= 11 is 3.43. The van der Waals surface area contributed by atoms with Gasteiger partial charge in [-0.15, -0.1) is 0 Å². The largest absolute Gasteiger partial charge is 0.489 e. The van der Waals surface area contributed by atoms with E-state index in [-0.39, 0.29) is 23.9 Å². The van der Waals surface area contributed by atoms with Crippen molar-refractivity contribution in [1.29, 1.82) is 0 Å². The zero-order valence-corrected chi connectivity index (χ0v) is 16.9. The SMILES string of the molecule is O=C1CCC(N2Cc3c(OCc4ccc(CBr)cc4)cccc3C2=O)C(=O)C1. The molecule has 144 valence electrons. The number of carbonyl (C=O) groups excluding carboxylic acids is 3. The molecule has 0 radical (unpaired) electrons. The summed E-state index contributed by atoms with van der Waals surface area (Å²) in [5.41, 5.74) is 3.64. The summed E-state index contributed by atoms with van der Waals surface area (Å²) in [6.45, 7) is 0.752. The summed E-state index contributed by atoms with van der Waals surface area (Å²) < 4.78 is 6.01. The van der Waals surface area contributed by atoms with Gasteiger partial charge in [0.1, 0.15) is 18.1 Å². The highest BCUT2D eigenvalue weighted by Crippen LogP contribution is 2.34. The van der Waals surface area contributed by atoms with E-state index in [1.165, 1.54) is 5.56 Å². The summed E-state index contributed by atoms with van der Waals surface area (Å²) in [6.07, 6.45) is 0.691. The van der Waals surface area contributed by atoms with E-state index in [1.807, 2.05) is 30.3 Å². The molecular weight excluding hydrogens is 422 g/mol. The van der Waals surface area contributed by atoms with Gasteiger partial charge in [0.05, 0.1) is 19.0 Å². The number of nitrogens with zero attached hydrogens (tertiary/aromatic N) is 1. The van der Waals surface area contributed by atoms with Gasteiger partial charge in [-0.2, -0.15) is 0 Å². The highest BCUT2D eigenvalue weighted by molar-refractivity contribution is 9.08. The Morgan fingerprint density at radius 2 is 1.79 bits per heavy atom. The molecule has 1 aliphatic carbocycles. The fraction of sp³-hybridized carbons (Fsp3) is 0.318. The summed E-state index contributed by atoms with van der Waals surface area (Å²) in [5.74, 6) is 0.305. The number of hydrogen-bond acceptors (Lipinski definition) is 4. The molecule has 2 aliphatic rings. The first-order valence-electron chi connectivity index (χ1n) is 9.30. The van der Waals surface area contributed by atoms with Crippen molar-refractivity contribution in [2.75, 3.05) is 0 Å². The summed E-state index contributed by atoms with van der Waals surface area (Å²) in [7, 11) is 0. The Bertz CT molecular complexity index is 938. The van der Waals surface area contributed by atoms with Gasteiger partial charge in [0.2, 0.25) is 0 Å². The maximum absolute atomic E-state index is 12.8. The normalized spacial score (nSPS) is 19.1. The highest BCUT2D eigenvalue weighted by atomic mass is 79.9. The number of hydrogen-bond donors (Lipinski definition) is 0. The number of rotatable bonds is 5. The number of halogens is 1. The zero-order valence-electron chi connectivity index (χ0n) is 15.3. The third-order valence-corrected chi connectivity index (χ3v) is 5.99. The van der Waals surface area contributed by atoms with Crippen molar-refractivity contribution < 1.29 is 19.1 Å². The first-order chi connectivity index (χ1) is 13.6. The summed E-state index contributed by atoms with van der Waals surface area (Å²) in [5, 5.41) is 0.809. The molecule has 5 nitrogen and oxygen atoms in total. The molecule has 1 aliphatic heterocycles. The maximum Gasteiger partial charge on any atom is 0.255 e. The number of carbonyl (C=O) groups is 3. The molecule has 1 amide bonds. The van der Waals surface area contributed by atoms with Crippen molar-refractivity contribution in [3.63, 3.8) is 0 Å². The lowest BCUT2D eigenvalue weighted by Gasteiger charge is -2.29. The molecule has 4 rings (SSSR count). The van der Waals surface area contributed by atoms with Crippen molar-refractivity contribution in [2.24, 2.45) is 0 Å². The van der Waals surface area contributed by atoms with E-state index >= 15 is 0 Å². The average Bonchev–Trinajstić information content (AvgIpc) is 3.04. The molecule has 28 heavy (non-hydrogen) atoms. The number of amides is 1. The van der Waals surface area contributed by atoms with Crippen molar-refractivity contribution in [3.8, 4) is 5.75 Å². The van der Waals surface area contributed by atoms with Crippen molar-refractivity contribution in [2.45, 2.75) is 43.8 Å². The second-order valence-electron chi connectivity index (χ2n) is 7.19. The van der Waals surface area contributed by atoms with Crippen molar-refractivity contribution in [1.82, 2.24) is 4.90 Å². The molecule has 1 atom stereocenters. The molecule has 0 spiro atoms. The van der Waals surface area contributed by atoms with E-state index in [1.54, 1.807) is 17.0 Å². The third-order valence-electron chi connectivity index (χ3n) is 5.34. The minimum absolute atomic E-state index is 0.0413. The average molecular weight is 442 g/mol. The standard InChI is InChI=1S/C22H20BrNO4/c23-11-14-4-6-15(7-5-14)13-28-21-3-1-2-17-18(21)12-24(22(17)27)19-9-8-16(25)10-20(19)26/h1-7,19H,8-13H2. The summed E-state index contributed by atoms with van der Waals surface area (Å²) in [4.78, 5) is 38.2. The van der Waals surface area contributed by atoms with E-state index in [9.17, 15) is 14.4 Å². The number of Topliss-reactive ketones (excluding diaryl/α,β-unsaturated/α-hetero) is 2.